The van der Waals surface area contributed by atoms with Crippen LogP contribution in [0.25, 0.3) is 0 Å². The Kier molecular flexibility index (Phi) is 19.3. The number of aromatic carboxylic acids is 1. The number of hydrogen-bond acceptors (Lipinski definition) is 3. The monoisotopic (exact) mass is 271 g/mol. The van der Waals surface area contributed by atoms with Crippen molar-refractivity contribution < 1.29 is 14.6 Å². The first-order valence-corrected chi connectivity index (χ1v) is 6.73. The van der Waals surface area contributed by atoms with Gasteiger partial charge in [0.2, 0.25) is 0 Å². The maximum absolute atomic E-state index is 10.5. The van der Waals surface area contributed by atoms with Crippen molar-refractivity contribution in [2.45, 2.75) is 48.0 Å². The Labute approximate surface area is 117 Å². The summed E-state index contributed by atoms with van der Waals surface area (Å²) >= 11 is 0. The van der Waals surface area contributed by atoms with Gasteiger partial charge in [-0.3, -0.25) is 0 Å². The topological polar surface area (TPSA) is 72.5 Å². The minimum Gasteiger partial charge on any atom is -0.495 e. The molecule has 0 aliphatic heterocycles. The van der Waals surface area contributed by atoms with Gasteiger partial charge in [-0.2, -0.15) is 0 Å². The highest BCUT2D eigenvalue weighted by atomic mass is 16.5. The minimum atomic E-state index is -0.996. The lowest BCUT2D eigenvalue weighted by Crippen LogP contribution is -1.99. The predicted octanol–water partition coefficient (Wildman–Crippen LogP) is 4.44. The third-order valence-corrected chi connectivity index (χ3v) is 1.48. The second-order valence-electron chi connectivity index (χ2n) is 2.97. The summed E-state index contributed by atoms with van der Waals surface area (Å²) in [5, 5.41) is 8.58. The minimum absolute atomic E-state index is 0.160. The highest BCUT2D eigenvalue weighted by Gasteiger charge is 2.05. The lowest BCUT2D eigenvalue weighted by molar-refractivity contribution is 0.0697. The average molecular weight is 271 g/mol. The van der Waals surface area contributed by atoms with Crippen LogP contribution in [0, 0.1) is 0 Å². The number of nitrogens with two attached hydrogens (primary N) is 1. The molecule has 1 aromatic carbocycles. The van der Waals surface area contributed by atoms with Gasteiger partial charge in [-0.15, -0.1) is 0 Å². The van der Waals surface area contributed by atoms with Crippen molar-refractivity contribution >= 4 is 11.7 Å². The second-order valence-corrected chi connectivity index (χ2v) is 2.97. The molecule has 0 heterocycles. The number of nitrogen functional groups attached to an aromatic ring is 1. The number of carboxylic acid groups (broad SMARTS) is 1. The van der Waals surface area contributed by atoms with Crippen LogP contribution < -0.4 is 10.5 Å². The highest BCUT2D eigenvalue weighted by Crippen LogP contribution is 2.21. The van der Waals surface area contributed by atoms with Crippen molar-refractivity contribution in [3.63, 3.8) is 0 Å². The van der Waals surface area contributed by atoms with Crippen LogP contribution in [-0.2, 0) is 0 Å². The molecule has 112 valence electrons. The van der Waals surface area contributed by atoms with E-state index in [2.05, 4.69) is 13.8 Å². The SMILES string of the molecule is CC.CC.CCC.COc1ccc(C(=O)O)cc1N. The van der Waals surface area contributed by atoms with Crippen molar-refractivity contribution in [3.8, 4) is 5.75 Å². The Bertz CT molecular complexity index is 325. The Morgan fingerprint density at radius 2 is 1.63 bits per heavy atom. The fraction of sp³-hybridized carbons (Fsp3) is 0.533. The largest absolute Gasteiger partial charge is 0.495 e. The number of carbonyl (C=O) groups is 1. The van der Waals surface area contributed by atoms with Crippen LogP contribution in [0.4, 0.5) is 5.69 Å². The summed E-state index contributed by atoms with van der Waals surface area (Å²) in [4.78, 5) is 10.5. The van der Waals surface area contributed by atoms with Crippen molar-refractivity contribution in [3.05, 3.63) is 23.8 Å². The van der Waals surface area contributed by atoms with Crippen LogP contribution in [0.1, 0.15) is 58.3 Å². The Morgan fingerprint density at radius 1 is 1.21 bits per heavy atom. The van der Waals surface area contributed by atoms with Gasteiger partial charge in [-0.1, -0.05) is 48.0 Å². The first-order chi connectivity index (χ1) is 9.06. The fourth-order valence-electron chi connectivity index (χ4n) is 0.867. The third kappa shape index (κ3) is 11.1. The summed E-state index contributed by atoms with van der Waals surface area (Å²) in [6.45, 7) is 12.2. The number of benzene rings is 1. The van der Waals surface area contributed by atoms with Gasteiger partial charge in [-0.25, -0.2) is 4.79 Å². The van der Waals surface area contributed by atoms with E-state index in [1.54, 1.807) is 0 Å². The first kappa shape index (κ1) is 22.5. The first-order valence-electron chi connectivity index (χ1n) is 6.73. The molecule has 0 spiro atoms. The molecular weight excluding hydrogens is 242 g/mol. The van der Waals surface area contributed by atoms with E-state index in [9.17, 15) is 4.79 Å². The molecule has 0 atom stereocenters. The van der Waals surface area contributed by atoms with Gasteiger partial charge in [0.05, 0.1) is 18.4 Å². The fourth-order valence-corrected chi connectivity index (χ4v) is 0.867. The molecule has 0 saturated heterocycles. The van der Waals surface area contributed by atoms with Gasteiger partial charge in [0, 0.05) is 0 Å². The molecule has 3 N–H and O–H groups in total. The van der Waals surface area contributed by atoms with Gasteiger partial charge in [0.25, 0.3) is 0 Å². The molecule has 0 aliphatic carbocycles. The summed E-state index contributed by atoms with van der Waals surface area (Å²) in [6.07, 6.45) is 1.25. The zero-order valence-electron chi connectivity index (χ0n) is 13.3. The highest BCUT2D eigenvalue weighted by molar-refractivity contribution is 5.89. The quantitative estimate of drug-likeness (QED) is 0.780. The molecule has 0 amide bonds. The van der Waals surface area contributed by atoms with Crippen LogP contribution in [0.15, 0.2) is 18.2 Å². The van der Waals surface area contributed by atoms with Crippen molar-refractivity contribution in [1.82, 2.24) is 0 Å². The van der Waals surface area contributed by atoms with E-state index in [-0.39, 0.29) is 5.56 Å². The lowest BCUT2D eigenvalue weighted by Gasteiger charge is -2.03. The van der Waals surface area contributed by atoms with Gasteiger partial charge < -0.3 is 15.6 Å². The van der Waals surface area contributed by atoms with E-state index in [4.69, 9.17) is 15.6 Å². The van der Waals surface area contributed by atoms with E-state index >= 15 is 0 Å². The molecule has 4 heteroatoms. The van der Waals surface area contributed by atoms with E-state index in [0.717, 1.165) is 0 Å². The van der Waals surface area contributed by atoms with E-state index in [1.807, 2.05) is 27.7 Å². The number of anilines is 1. The lowest BCUT2D eigenvalue weighted by atomic mass is 10.2. The van der Waals surface area contributed by atoms with Crippen molar-refractivity contribution in [2.75, 3.05) is 12.8 Å². The van der Waals surface area contributed by atoms with Gasteiger partial charge in [-0.05, 0) is 18.2 Å². The standard InChI is InChI=1S/C8H9NO3.C3H8.2C2H6/c1-12-7-3-2-5(8(10)11)4-6(7)9;1-3-2;2*1-2/h2-4H,9H2,1H3,(H,10,11);3H2,1-2H3;2*1-2H3. The van der Waals surface area contributed by atoms with Crippen LogP contribution in [0.3, 0.4) is 0 Å². The van der Waals surface area contributed by atoms with Gasteiger partial charge >= 0.3 is 5.97 Å². The van der Waals surface area contributed by atoms with Gasteiger partial charge in [0.15, 0.2) is 0 Å². The summed E-state index contributed by atoms with van der Waals surface area (Å²) in [5.74, 6) is -0.510. The average Bonchev–Trinajstić information content (AvgIpc) is 2.44. The predicted molar refractivity (Wildman–Crippen MR) is 83.0 cm³/mol. The summed E-state index contributed by atoms with van der Waals surface area (Å²) < 4.78 is 4.86. The molecule has 4 nitrogen and oxygen atoms in total. The van der Waals surface area contributed by atoms with Crippen LogP contribution in [-0.4, -0.2) is 18.2 Å². The van der Waals surface area contributed by atoms with Crippen LogP contribution >= 0.6 is 0 Å². The number of carboxylic acids is 1. The number of methoxy groups -OCH3 is 1. The van der Waals surface area contributed by atoms with Gasteiger partial charge in [0.1, 0.15) is 5.75 Å². The Morgan fingerprint density at radius 3 is 1.89 bits per heavy atom. The molecule has 0 aromatic heterocycles. The van der Waals surface area contributed by atoms with Crippen molar-refractivity contribution in [1.29, 1.82) is 0 Å². The van der Waals surface area contributed by atoms with E-state index in [1.165, 1.54) is 31.7 Å². The molecule has 0 fully saturated rings. The molecule has 1 rings (SSSR count). The van der Waals surface area contributed by atoms with E-state index in [0.29, 0.717) is 11.4 Å². The zero-order chi connectivity index (χ0) is 15.8. The molecular formula is C15H29NO3. The molecule has 0 unspecified atom stereocenters. The second kappa shape index (κ2) is 16.3. The summed E-state index contributed by atoms with van der Waals surface area (Å²) in [6, 6.07) is 4.33. The molecule has 0 aliphatic rings. The molecule has 0 bridgehead atoms. The Balaban J connectivity index is -0.000000313. The number of hydrogen-bond donors (Lipinski definition) is 2. The molecule has 19 heavy (non-hydrogen) atoms. The van der Waals surface area contributed by atoms with Crippen LogP contribution in [0.5, 0.6) is 5.75 Å². The third-order valence-electron chi connectivity index (χ3n) is 1.48. The van der Waals surface area contributed by atoms with Crippen LogP contribution in [0.2, 0.25) is 0 Å². The normalized spacial score (nSPS) is 7.53. The zero-order valence-corrected chi connectivity index (χ0v) is 13.3. The molecule has 0 radical (unpaired) electrons. The van der Waals surface area contributed by atoms with Crippen molar-refractivity contribution in [2.24, 2.45) is 0 Å². The maximum atomic E-state index is 10.5. The smallest absolute Gasteiger partial charge is 0.335 e. The number of rotatable bonds is 2. The summed E-state index contributed by atoms with van der Waals surface area (Å²) in [7, 11) is 1.48. The molecule has 1 aromatic rings. The number of ether oxygens (including phenoxy) is 1. The summed E-state index contributed by atoms with van der Waals surface area (Å²) in [5.41, 5.74) is 5.97. The molecule has 0 saturated carbocycles. The van der Waals surface area contributed by atoms with E-state index < -0.39 is 5.97 Å². The Hall–Kier alpha value is -1.71. The maximum Gasteiger partial charge on any atom is 0.335 e.